The van der Waals surface area contributed by atoms with Gasteiger partial charge in [0.1, 0.15) is 5.82 Å². The molecule has 26 heavy (non-hydrogen) atoms. The smallest absolute Gasteiger partial charge is 0.191 e. The second-order valence-electron chi connectivity index (χ2n) is 7.96. The lowest BCUT2D eigenvalue weighted by Gasteiger charge is -2.19. The van der Waals surface area contributed by atoms with E-state index in [1.807, 2.05) is 6.07 Å². The van der Waals surface area contributed by atoms with Crippen LogP contribution in [0.4, 0.5) is 4.39 Å². The van der Waals surface area contributed by atoms with Crippen molar-refractivity contribution in [3.05, 3.63) is 51.7 Å². The highest BCUT2D eigenvalue weighted by Gasteiger charge is 2.44. The first-order chi connectivity index (χ1) is 12.3. The third-order valence-electron chi connectivity index (χ3n) is 4.74. The molecule has 0 amide bonds. The van der Waals surface area contributed by atoms with Gasteiger partial charge in [-0.1, -0.05) is 32.9 Å². The third kappa shape index (κ3) is 4.41. The zero-order valence-corrected chi connectivity index (χ0v) is 16.7. The van der Waals surface area contributed by atoms with Crippen molar-refractivity contribution in [3.63, 3.8) is 0 Å². The second kappa shape index (κ2) is 7.35. The number of aromatic nitrogens is 1. The minimum Gasteiger partial charge on any atom is -0.356 e. The zero-order chi connectivity index (χ0) is 18.8. The number of nitrogens with zero attached hydrogens (tertiary/aromatic N) is 2. The van der Waals surface area contributed by atoms with Gasteiger partial charge in [-0.05, 0) is 30.5 Å². The Bertz CT molecular complexity index is 787. The van der Waals surface area contributed by atoms with Gasteiger partial charge in [0.2, 0.25) is 0 Å². The highest BCUT2D eigenvalue weighted by molar-refractivity contribution is 7.09. The Hall–Kier alpha value is -1.95. The number of rotatable bonds is 5. The van der Waals surface area contributed by atoms with E-state index in [1.54, 1.807) is 30.5 Å². The van der Waals surface area contributed by atoms with E-state index >= 15 is 0 Å². The fourth-order valence-electron chi connectivity index (χ4n) is 2.92. The number of aliphatic imine (C=N–C) groups is 1. The lowest BCUT2D eigenvalue weighted by Crippen LogP contribution is -2.41. The Balaban J connectivity index is 1.55. The van der Waals surface area contributed by atoms with Gasteiger partial charge in [-0.15, -0.1) is 11.3 Å². The van der Waals surface area contributed by atoms with Crippen molar-refractivity contribution in [2.24, 2.45) is 4.99 Å². The van der Waals surface area contributed by atoms with E-state index in [0.717, 1.165) is 41.6 Å². The summed E-state index contributed by atoms with van der Waals surface area (Å²) in [6, 6.07) is 6.94. The number of benzene rings is 1. The van der Waals surface area contributed by atoms with Crippen molar-refractivity contribution in [3.8, 4) is 0 Å². The largest absolute Gasteiger partial charge is 0.356 e. The standard InChI is InChI=1S/C20H27FN4S/c1-19(2,3)17-25-16(12-26-17)11-23-18(22-4)24-13-20(8-9-20)14-6-5-7-15(21)10-14/h5-7,10,12H,8-9,11,13H2,1-4H3,(H2,22,23,24). The number of hydrogen-bond donors (Lipinski definition) is 2. The molecule has 1 aromatic carbocycles. The van der Waals surface area contributed by atoms with Crippen LogP contribution < -0.4 is 10.6 Å². The van der Waals surface area contributed by atoms with Gasteiger partial charge in [0.15, 0.2) is 5.96 Å². The SMILES string of the molecule is CN=C(NCc1csc(C(C)(C)C)n1)NCC1(c2cccc(F)c2)CC1. The van der Waals surface area contributed by atoms with E-state index in [4.69, 9.17) is 4.98 Å². The quantitative estimate of drug-likeness (QED) is 0.615. The van der Waals surface area contributed by atoms with Crippen LogP contribution in [0.3, 0.4) is 0 Å². The highest BCUT2D eigenvalue weighted by Crippen LogP contribution is 2.47. The predicted molar refractivity (Wildman–Crippen MR) is 106 cm³/mol. The molecule has 1 aromatic heterocycles. The lowest BCUT2D eigenvalue weighted by atomic mass is 9.96. The summed E-state index contributed by atoms with van der Waals surface area (Å²) in [5.74, 6) is 0.576. The minimum atomic E-state index is -0.172. The Kier molecular flexibility index (Phi) is 5.32. The van der Waals surface area contributed by atoms with Crippen LogP contribution in [0.5, 0.6) is 0 Å². The number of halogens is 1. The van der Waals surface area contributed by atoms with Gasteiger partial charge in [0, 0.05) is 29.8 Å². The van der Waals surface area contributed by atoms with E-state index in [-0.39, 0.29) is 16.6 Å². The predicted octanol–water partition coefficient (Wildman–Crippen LogP) is 3.98. The van der Waals surface area contributed by atoms with Crippen molar-refractivity contribution in [2.75, 3.05) is 13.6 Å². The molecule has 1 aliphatic carbocycles. The first-order valence-electron chi connectivity index (χ1n) is 8.98. The number of hydrogen-bond acceptors (Lipinski definition) is 3. The van der Waals surface area contributed by atoms with Gasteiger partial charge in [-0.25, -0.2) is 9.37 Å². The van der Waals surface area contributed by atoms with Crippen LogP contribution in [0.15, 0.2) is 34.6 Å². The first-order valence-corrected chi connectivity index (χ1v) is 9.86. The van der Waals surface area contributed by atoms with Crippen LogP contribution in [0.1, 0.15) is 49.9 Å². The fourth-order valence-corrected chi connectivity index (χ4v) is 3.82. The molecule has 0 bridgehead atoms. The normalized spacial score (nSPS) is 16.4. The summed E-state index contributed by atoms with van der Waals surface area (Å²) >= 11 is 1.70. The van der Waals surface area contributed by atoms with Gasteiger partial charge >= 0.3 is 0 Å². The lowest BCUT2D eigenvalue weighted by molar-refractivity contribution is 0.582. The molecule has 0 atom stereocenters. The van der Waals surface area contributed by atoms with Gasteiger partial charge in [-0.3, -0.25) is 4.99 Å². The summed E-state index contributed by atoms with van der Waals surface area (Å²) in [6.07, 6.45) is 2.14. The maximum Gasteiger partial charge on any atom is 0.191 e. The van der Waals surface area contributed by atoms with Gasteiger partial charge in [-0.2, -0.15) is 0 Å². The second-order valence-corrected chi connectivity index (χ2v) is 8.82. The Labute approximate surface area is 159 Å². The van der Waals surface area contributed by atoms with Crippen LogP contribution in [0.25, 0.3) is 0 Å². The number of nitrogens with one attached hydrogen (secondary N) is 2. The monoisotopic (exact) mass is 374 g/mol. The Morgan fingerprint density at radius 3 is 2.65 bits per heavy atom. The summed E-state index contributed by atoms with van der Waals surface area (Å²) in [7, 11) is 1.76. The molecule has 140 valence electrons. The van der Waals surface area contributed by atoms with Gasteiger partial charge < -0.3 is 10.6 Å². The molecule has 6 heteroatoms. The van der Waals surface area contributed by atoms with E-state index in [0.29, 0.717) is 6.54 Å². The van der Waals surface area contributed by atoms with E-state index in [9.17, 15) is 4.39 Å². The summed E-state index contributed by atoms with van der Waals surface area (Å²) < 4.78 is 13.5. The van der Waals surface area contributed by atoms with Gasteiger partial charge in [0.05, 0.1) is 17.2 Å². The molecule has 3 rings (SSSR count). The number of thiazole rings is 1. The fraction of sp³-hybridized carbons (Fsp3) is 0.500. The van der Waals surface area contributed by atoms with Crippen molar-refractivity contribution in [2.45, 2.75) is 51.0 Å². The van der Waals surface area contributed by atoms with Crippen LogP contribution in [-0.2, 0) is 17.4 Å². The molecule has 0 saturated heterocycles. The average molecular weight is 375 g/mol. The van der Waals surface area contributed by atoms with Crippen LogP contribution in [0.2, 0.25) is 0 Å². The summed E-state index contributed by atoms with van der Waals surface area (Å²) in [5.41, 5.74) is 2.19. The van der Waals surface area contributed by atoms with Crippen molar-refractivity contribution in [1.82, 2.24) is 15.6 Å². The third-order valence-corrected chi connectivity index (χ3v) is 6.06. The van der Waals surface area contributed by atoms with Crippen molar-refractivity contribution in [1.29, 1.82) is 0 Å². The number of guanidine groups is 1. The topological polar surface area (TPSA) is 49.3 Å². The van der Waals surface area contributed by atoms with E-state index in [2.05, 4.69) is 41.8 Å². The maximum atomic E-state index is 13.5. The summed E-state index contributed by atoms with van der Waals surface area (Å²) in [5, 5.41) is 9.94. The van der Waals surface area contributed by atoms with Gasteiger partial charge in [0.25, 0.3) is 0 Å². The van der Waals surface area contributed by atoms with Crippen LogP contribution in [-0.4, -0.2) is 24.5 Å². The molecule has 1 heterocycles. The Morgan fingerprint density at radius 2 is 2.08 bits per heavy atom. The summed E-state index contributed by atoms with van der Waals surface area (Å²) in [6.45, 7) is 7.90. The molecular formula is C20H27FN4S. The molecule has 2 N–H and O–H groups in total. The molecule has 1 saturated carbocycles. The first kappa shape index (κ1) is 18.8. The molecule has 2 aromatic rings. The molecule has 1 fully saturated rings. The summed E-state index contributed by atoms with van der Waals surface area (Å²) in [4.78, 5) is 8.99. The van der Waals surface area contributed by atoms with Crippen LogP contribution in [0, 0.1) is 5.82 Å². The maximum absolute atomic E-state index is 13.5. The van der Waals surface area contributed by atoms with E-state index < -0.39 is 0 Å². The zero-order valence-electron chi connectivity index (χ0n) is 15.9. The van der Waals surface area contributed by atoms with Crippen molar-refractivity contribution >= 4 is 17.3 Å². The molecule has 0 unspecified atom stereocenters. The molecule has 1 aliphatic rings. The van der Waals surface area contributed by atoms with Crippen LogP contribution >= 0.6 is 11.3 Å². The molecule has 4 nitrogen and oxygen atoms in total. The molecule has 0 aliphatic heterocycles. The molecule has 0 radical (unpaired) electrons. The molecule has 0 spiro atoms. The highest BCUT2D eigenvalue weighted by atomic mass is 32.1. The average Bonchev–Trinajstić information content (AvgIpc) is 3.22. The molecular weight excluding hydrogens is 347 g/mol. The Morgan fingerprint density at radius 1 is 1.31 bits per heavy atom. The minimum absolute atomic E-state index is 0.0275. The van der Waals surface area contributed by atoms with Crippen molar-refractivity contribution < 1.29 is 4.39 Å². The van der Waals surface area contributed by atoms with E-state index in [1.165, 1.54) is 6.07 Å².